The van der Waals surface area contributed by atoms with Crippen LogP contribution in [-0.2, 0) is 7.05 Å². The Morgan fingerprint density at radius 1 is 1.09 bits per heavy atom. The van der Waals surface area contributed by atoms with Crippen molar-refractivity contribution in [3.63, 3.8) is 0 Å². The number of hydrogen-bond donors (Lipinski definition) is 0. The quantitative estimate of drug-likeness (QED) is 0.410. The second-order valence-electron chi connectivity index (χ2n) is 4.16. The Hall–Kier alpha value is -2.41. The van der Waals surface area contributed by atoms with Crippen molar-refractivity contribution in [1.82, 2.24) is 14.8 Å². The van der Waals surface area contributed by atoms with Gasteiger partial charge in [0, 0.05) is 19.3 Å². The molecule has 0 aliphatic rings. The summed E-state index contributed by atoms with van der Waals surface area (Å²) >= 11 is 0. The molecule has 2 aromatic heterocycles. The van der Waals surface area contributed by atoms with Crippen molar-refractivity contribution in [2.45, 2.75) is 0 Å². The zero-order valence-corrected chi connectivity index (χ0v) is 12.6. The van der Waals surface area contributed by atoms with Crippen LogP contribution in [0.15, 0.2) is 24.4 Å². The van der Waals surface area contributed by atoms with Crippen molar-refractivity contribution >= 4 is 13.5 Å². The predicted molar refractivity (Wildman–Crippen MR) is 71.3 cm³/mol. The third-order valence-electron chi connectivity index (χ3n) is 2.12. The molecule has 0 N–H and O–H groups in total. The molecule has 0 bridgehead atoms. The number of halogens is 6. The maximum atomic E-state index is 9.87. The predicted octanol–water partition coefficient (Wildman–Crippen LogP) is 5.36. The fourth-order valence-corrected chi connectivity index (χ4v) is 1.35. The first-order valence-electron chi connectivity index (χ1n) is 5.66. The van der Waals surface area contributed by atoms with E-state index in [0.717, 1.165) is 5.69 Å². The molecule has 2 aromatic rings. The first kappa shape index (κ1) is 18.6. The number of nitrogens with zero attached hydrogens (tertiary/aromatic N) is 5. The van der Waals surface area contributed by atoms with Crippen LogP contribution in [0.3, 0.4) is 0 Å². The van der Waals surface area contributed by atoms with Gasteiger partial charge in [0.2, 0.25) is 5.39 Å². The van der Waals surface area contributed by atoms with Gasteiger partial charge in [-0.25, -0.2) is 4.98 Å². The van der Waals surface area contributed by atoms with Gasteiger partial charge in [-0.3, -0.25) is 4.68 Å². The summed E-state index contributed by atoms with van der Waals surface area (Å²) in [7, 11) is -7.35. The Labute approximate surface area is 125 Å². The summed E-state index contributed by atoms with van der Waals surface area (Å²) in [6, 6.07) is 5.19. The molecule has 0 amide bonds. The Morgan fingerprint density at radius 3 is 2.04 bits per heavy atom. The van der Waals surface area contributed by atoms with E-state index < -0.39 is 7.81 Å². The molecule has 0 aliphatic heterocycles. The molecule has 0 aromatic carbocycles. The molecule has 2 rings (SSSR count). The normalized spacial score (nSPS) is 13.9. The average molecular weight is 361 g/mol. The van der Waals surface area contributed by atoms with Gasteiger partial charge in [0.15, 0.2) is 4.98 Å². The number of methoxy groups -OCH3 is 1. The summed E-state index contributed by atoms with van der Waals surface area (Å²) in [6.07, 6.45) is 1.83. The van der Waals surface area contributed by atoms with Gasteiger partial charge in [-0.15, -0.1) is 0 Å². The van der Waals surface area contributed by atoms with Gasteiger partial charge < -0.3 is 4.74 Å². The molecule has 0 saturated heterocycles. The number of rotatable bonds is 2. The molecule has 6 nitrogen and oxygen atoms in total. The van der Waals surface area contributed by atoms with Crippen molar-refractivity contribution in [2.75, 3.05) is 7.11 Å². The summed E-state index contributed by atoms with van der Waals surface area (Å²) in [5, 5.41) is 12.9. The number of diazo groups is 1. The van der Waals surface area contributed by atoms with Crippen LogP contribution in [0.1, 0.15) is 0 Å². The molecule has 128 valence electrons. The molecule has 0 fully saturated rings. The monoisotopic (exact) mass is 361 g/mol. The number of ether oxygens (including phenoxy) is 1. The molecular weight excluding hydrogens is 351 g/mol. The van der Waals surface area contributed by atoms with E-state index in [0.29, 0.717) is 11.4 Å². The van der Waals surface area contributed by atoms with Crippen molar-refractivity contribution in [3.8, 4) is 17.3 Å². The first-order chi connectivity index (χ1) is 10.2. The molecule has 0 radical (unpaired) electrons. The van der Waals surface area contributed by atoms with Gasteiger partial charge in [0.1, 0.15) is 5.69 Å². The van der Waals surface area contributed by atoms with Crippen molar-refractivity contribution in [2.24, 2.45) is 7.05 Å². The van der Waals surface area contributed by atoms with Crippen LogP contribution >= 0.6 is 7.81 Å². The fraction of sp³-hybridized carbons (Fsp3) is 0.200. The molecule has 0 aliphatic carbocycles. The summed E-state index contributed by atoms with van der Waals surface area (Å²) in [5.41, 5.74) is 1.71. The van der Waals surface area contributed by atoms with Gasteiger partial charge in [0.05, 0.1) is 12.8 Å². The van der Waals surface area contributed by atoms with E-state index in [1.807, 2.05) is 19.3 Å². The fourth-order valence-electron chi connectivity index (χ4n) is 1.35. The molecule has 2 heterocycles. The van der Waals surface area contributed by atoms with E-state index in [2.05, 4.69) is 15.1 Å². The van der Waals surface area contributed by atoms with E-state index in [1.54, 1.807) is 16.8 Å². The van der Waals surface area contributed by atoms with Gasteiger partial charge in [-0.05, 0) is 12.1 Å². The average Bonchev–Trinajstić information content (AvgIpc) is 2.81. The number of hydrogen-bond acceptors (Lipinski definition) is 4. The van der Waals surface area contributed by atoms with Crippen LogP contribution in [0.4, 0.5) is 30.9 Å². The third-order valence-corrected chi connectivity index (χ3v) is 2.12. The molecule has 0 unspecified atom stereocenters. The van der Waals surface area contributed by atoms with Crippen molar-refractivity contribution in [1.29, 1.82) is 5.39 Å². The molecule has 0 spiro atoms. The summed E-state index contributed by atoms with van der Waals surface area (Å²) in [6.45, 7) is 0. The van der Waals surface area contributed by atoms with Crippen LogP contribution in [0, 0.1) is 5.39 Å². The standard InChI is InChI=1S/C10H10N5O.F6P/c1-15-6-5-8(14-15)7-3-4-9(13-11)10(12-7)16-2;1-7(2,3,4,5)6/h3-6H,1-2H3;/q+1;-1. The van der Waals surface area contributed by atoms with Crippen molar-refractivity contribution < 1.29 is 29.9 Å². The minimum absolute atomic E-state index is 0.269. The number of aromatic nitrogens is 3. The minimum atomic E-state index is -10.7. The SMILES string of the molecule is COc1nc(-c2ccn(C)n2)ccc1[N+]#N.F[P-](F)(F)(F)(F)F. The topological polar surface area (TPSA) is 68.1 Å². The summed E-state index contributed by atoms with van der Waals surface area (Å²) in [5.74, 6) is 0.269. The Balaban J connectivity index is 0.000000322. The number of aryl methyl sites for hydroxylation is 1. The van der Waals surface area contributed by atoms with Gasteiger partial charge in [-0.2, -0.15) is 5.10 Å². The van der Waals surface area contributed by atoms with E-state index in [4.69, 9.17) is 10.1 Å². The molecule has 0 saturated carbocycles. The van der Waals surface area contributed by atoms with E-state index in [9.17, 15) is 25.2 Å². The van der Waals surface area contributed by atoms with Crippen molar-refractivity contribution in [3.05, 3.63) is 29.4 Å². The van der Waals surface area contributed by atoms with Crippen LogP contribution in [0.5, 0.6) is 5.88 Å². The molecule has 13 heteroatoms. The van der Waals surface area contributed by atoms with Gasteiger partial charge >= 0.3 is 44.6 Å². The van der Waals surface area contributed by atoms with Crippen LogP contribution in [0.25, 0.3) is 16.4 Å². The van der Waals surface area contributed by atoms with Gasteiger partial charge in [-0.1, -0.05) is 0 Å². The Kier molecular flexibility index (Phi) is 4.33. The summed E-state index contributed by atoms with van der Waals surface area (Å²) < 4.78 is 65.9. The Morgan fingerprint density at radius 2 is 1.65 bits per heavy atom. The maximum absolute atomic E-state index is 10.7. The van der Waals surface area contributed by atoms with E-state index in [1.165, 1.54) is 7.11 Å². The zero-order chi connectivity index (χ0) is 18.0. The second-order valence-corrected chi connectivity index (χ2v) is 6.07. The molecule has 0 atom stereocenters. The van der Waals surface area contributed by atoms with E-state index in [-0.39, 0.29) is 5.88 Å². The van der Waals surface area contributed by atoms with Crippen LogP contribution < -0.4 is 4.74 Å². The molecule has 23 heavy (non-hydrogen) atoms. The number of pyridine rings is 1. The zero-order valence-electron chi connectivity index (χ0n) is 11.7. The second kappa shape index (κ2) is 5.34. The molecular formula is C10H10F6N5OP. The first-order valence-corrected chi connectivity index (χ1v) is 7.69. The van der Waals surface area contributed by atoms with E-state index >= 15 is 0 Å². The van der Waals surface area contributed by atoms with Gasteiger partial charge in [0.25, 0.3) is 0 Å². The third kappa shape index (κ3) is 7.96. The van der Waals surface area contributed by atoms with Crippen LogP contribution in [0.2, 0.25) is 0 Å². The summed E-state index contributed by atoms with van der Waals surface area (Å²) in [4.78, 5) is 7.26. The van der Waals surface area contributed by atoms with Crippen LogP contribution in [-0.4, -0.2) is 21.9 Å². The Bertz CT molecular complexity index is 740.